The van der Waals surface area contributed by atoms with Crippen molar-refractivity contribution in [2.45, 2.75) is 6.92 Å². The van der Waals surface area contributed by atoms with Crippen LogP contribution >= 0.6 is 0 Å². The largest absolute Gasteiger partial charge is 0.416 e. The normalized spacial score (nSPS) is 17.4. The first-order valence-electron chi connectivity index (χ1n) is 5.63. The molecule has 3 rings (SSSR count). The predicted octanol–water partition coefficient (Wildman–Crippen LogP) is 1.93. The van der Waals surface area contributed by atoms with Gasteiger partial charge >= 0.3 is 17.1 Å². The van der Waals surface area contributed by atoms with Gasteiger partial charge in [0, 0.05) is 0 Å². The van der Waals surface area contributed by atoms with E-state index in [1.807, 2.05) is 61.1 Å². The summed E-state index contributed by atoms with van der Waals surface area (Å²) in [5.41, 5.74) is 1.96. The topological polar surface area (TPSA) is 33.4 Å². The molecular weight excluding hydrogens is 248 g/mol. The van der Waals surface area contributed by atoms with Crippen LogP contribution in [0.4, 0.5) is 11.5 Å². The third-order valence-electron chi connectivity index (χ3n) is 2.95. The van der Waals surface area contributed by atoms with Gasteiger partial charge in [-0.1, -0.05) is 22.5 Å². The van der Waals surface area contributed by atoms with Crippen LogP contribution in [0.15, 0.2) is 42.6 Å². The number of rotatable bonds is 1. The number of aryl methyl sites for hydroxylation is 2. The number of aromatic nitrogens is 1. The first kappa shape index (κ1) is 11.2. The SMILES string of the molecule is Cc1ccccc1N1c2c(ccc[n+]2C)OS1=O. The van der Waals surface area contributed by atoms with Crippen molar-refractivity contribution < 1.29 is 13.0 Å². The standard InChI is InChI=1S/C13H13N2O2S/c1-10-6-3-4-7-11(10)15-13-12(17-18(15)16)8-5-9-14(13)2/h3-9H,1-2H3/q+1. The molecule has 0 spiro atoms. The highest BCUT2D eigenvalue weighted by molar-refractivity contribution is 7.82. The Morgan fingerprint density at radius 2 is 2.00 bits per heavy atom. The lowest BCUT2D eigenvalue weighted by Crippen LogP contribution is -2.34. The Morgan fingerprint density at radius 3 is 2.78 bits per heavy atom. The minimum atomic E-state index is -1.52. The zero-order chi connectivity index (χ0) is 12.7. The van der Waals surface area contributed by atoms with Gasteiger partial charge in [-0.25, -0.2) is 4.57 Å². The molecule has 2 heterocycles. The summed E-state index contributed by atoms with van der Waals surface area (Å²) >= 11 is -1.52. The summed E-state index contributed by atoms with van der Waals surface area (Å²) < 4.78 is 21.1. The number of nitrogens with zero attached hydrogens (tertiary/aromatic N) is 2. The molecule has 1 aromatic carbocycles. The lowest BCUT2D eigenvalue weighted by molar-refractivity contribution is -0.657. The lowest BCUT2D eigenvalue weighted by atomic mass is 10.2. The zero-order valence-corrected chi connectivity index (χ0v) is 11.0. The van der Waals surface area contributed by atoms with E-state index in [1.54, 1.807) is 4.31 Å². The van der Waals surface area contributed by atoms with Gasteiger partial charge in [0.25, 0.3) is 0 Å². The second kappa shape index (κ2) is 4.10. The van der Waals surface area contributed by atoms with Gasteiger partial charge < -0.3 is 4.18 Å². The molecule has 4 nitrogen and oxygen atoms in total. The third kappa shape index (κ3) is 1.59. The van der Waals surface area contributed by atoms with Crippen LogP contribution in [-0.4, -0.2) is 4.21 Å². The molecular formula is C13H13N2O2S+. The summed E-state index contributed by atoms with van der Waals surface area (Å²) in [4.78, 5) is 0. The lowest BCUT2D eigenvalue weighted by Gasteiger charge is -2.09. The number of para-hydroxylation sites is 1. The van der Waals surface area contributed by atoms with E-state index >= 15 is 0 Å². The molecule has 1 unspecified atom stereocenters. The molecule has 1 atom stereocenters. The highest BCUT2D eigenvalue weighted by atomic mass is 32.2. The molecule has 0 saturated carbocycles. The number of anilines is 2. The Bertz CT molecular complexity index is 643. The first-order chi connectivity index (χ1) is 8.68. The van der Waals surface area contributed by atoms with Crippen LogP contribution in [0.2, 0.25) is 0 Å². The Morgan fingerprint density at radius 1 is 1.22 bits per heavy atom. The average molecular weight is 261 g/mol. The van der Waals surface area contributed by atoms with Crippen molar-refractivity contribution in [3.05, 3.63) is 48.2 Å². The molecule has 0 saturated heterocycles. The molecule has 0 bridgehead atoms. The maximum absolute atomic E-state index is 12.1. The van der Waals surface area contributed by atoms with Gasteiger partial charge in [0.2, 0.25) is 5.75 Å². The van der Waals surface area contributed by atoms with E-state index in [9.17, 15) is 4.21 Å². The predicted molar refractivity (Wildman–Crippen MR) is 69.7 cm³/mol. The van der Waals surface area contributed by atoms with Gasteiger partial charge in [-0.15, -0.1) is 0 Å². The molecule has 5 heteroatoms. The summed E-state index contributed by atoms with van der Waals surface area (Å²) in [6.45, 7) is 1.99. The molecule has 1 aliphatic heterocycles. The Labute approximate surface area is 108 Å². The van der Waals surface area contributed by atoms with Crippen LogP contribution in [0.25, 0.3) is 0 Å². The summed E-state index contributed by atoms with van der Waals surface area (Å²) in [6, 6.07) is 11.5. The minimum absolute atomic E-state index is 0.640. The van der Waals surface area contributed by atoms with Crippen molar-refractivity contribution >= 4 is 22.8 Å². The van der Waals surface area contributed by atoms with E-state index in [2.05, 4.69) is 0 Å². The van der Waals surface area contributed by atoms with E-state index < -0.39 is 11.3 Å². The molecule has 2 aromatic rings. The smallest absolute Gasteiger partial charge is 0.359 e. The quantitative estimate of drug-likeness (QED) is 0.735. The number of hydrogen-bond donors (Lipinski definition) is 0. The van der Waals surface area contributed by atoms with Gasteiger partial charge in [-0.05, 0) is 30.7 Å². The van der Waals surface area contributed by atoms with Crippen LogP contribution < -0.4 is 13.1 Å². The van der Waals surface area contributed by atoms with Crippen LogP contribution in [0.5, 0.6) is 5.75 Å². The summed E-state index contributed by atoms with van der Waals surface area (Å²) in [7, 11) is 1.91. The van der Waals surface area contributed by atoms with E-state index in [4.69, 9.17) is 4.18 Å². The molecule has 0 radical (unpaired) electrons. The highest BCUT2D eigenvalue weighted by Crippen LogP contribution is 2.39. The molecule has 0 fully saturated rings. The number of hydrogen-bond acceptors (Lipinski definition) is 2. The van der Waals surface area contributed by atoms with Crippen molar-refractivity contribution in [1.82, 2.24) is 0 Å². The number of pyridine rings is 1. The summed E-state index contributed by atoms with van der Waals surface area (Å²) in [6.07, 6.45) is 1.91. The van der Waals surface area contributed by atoms with Crippen LogP contribution in [0.1, 0.15) is 5.56 Å². The van der Waals surface area contributed by atoms with Crippen LogP contribution in [-0.2, 0) is 18.3 Å². The maximum Gasteiger partial charge on any atom is 0.416 e. The second-order valence-corrected chi connectivity index (χ2v) is 5.15. The van der Waals surface area contributed by atoms with Crippen LogP contribution in [0.3, 0.4) is 0 Å². The Hall–Kier alpha value is -1.88. The van der Waals surface area contributed by atoms with Gasteiger partial charge in [0.15, 0.2) is 0 Å². The molecule has 0 aliphatic carbocycles. The minimum Gasteiger partial charge on any atom is -0.359 e. The number of fused-ring (bicyclic) bond motifs is 1. The fourth-order valence-corrected chi connectivity index (χ4v) is 3.14. The van der Waals surface area contributed by atoms with Crippen molar-refractivity contribution in [1.29, 1.82) is 0 Å². The first-order valence-corrected chi connectivity index (χ1v) is 6.66. The average Bonchev–Trinajstić information content (AvgIpc) is 2.68. The number of benzene rings is 1. The van der Waals surface area contributed by atoms with E-state index in [1.165, 1.54) is 0 Å². The maximum atomic E-state index is 12.1. The van der Waals surface area contributed by atoms with Crippen LogP contribution in [0, 0.1) is 6.92 Å². The Balaban J connectivity index is 2.21. The van der Waals surface area contributed by atoms with E-state index in [0.717, 1.165) is 17.1 Å². The Kier molecular flexibility index (Phi) is 2.56. The highest BCUT2D eigenvalue weighted by Gasteiger charge is 2.41. The van der Waals surface area contributed by atoms with Gasteiger partial charge in [0.1, 0.15) is 5.69 Å². The molecule has 92 valence electrons. The van der Waals surface area contributed by atoms with Crippen molar-refractivity contribution in [3.8, 4) is 5.75 Å². The van der Waals surface area contributed by atoms with Gasteiger partial charge in [-0.2, -0.15) is 4.21 Å². The van der Waals surface area contributed by atoms with Gasteiger partial charge in [0.05, 0.1) is 13.2 Å². The second-order valence-electron chi connectivity index (χ2n) is 4.19. The van der Waals surface area contributed by atoms with Crippen molar-refractivity contribution in [2.75, 3.05) is 4.31 Å². The van der Waals surface area contributed by atoms with Gasteiger partial charge in [-0.3, -0.25) is 0 Å². The molecule has 0 N–H and O–H groups in total. The van der Waals surface area contributed by atoms with E-state index in [0.29, 0.717) is 5.75 Å². The van der Waals surface area contributed by atoms with Crippen molar-refractivity contribution in [3.63, 3.8) is 0 Å². The summed E-state index contributed by atoms with van der Waals surface area (Å²) in [5.74, 6) is 1.45. The monoisotopic (exact) mass is 261 g/mol. The fourth-order valence-electron chi connectivity index (χ4n) is 2.06. The molecule has 0 amide bonds. The summed E-state index contributed by atoms with van der Waals surface area (Å²) in [5, 5.41) is 0. The fraction of sp³-hybridized carbons (Fsp3) is 0.154. The third-order valence-corrected chi connectivity index (χ3v) is 3.94. The zero-order valence-electron chi connectivity index (χ0n) is 10.2. The van der Waals surface area contributed by atoms with Crippen molar-refractivity contribution in [2.24, 2.45) is 7.05 Å². The molecule has 1 aromatic heterocycles. The molecule has 18 heavy (non-hydrogen) atoms. The molecule has 1 aliphatic rings. The van der Waals surface area contributed by atoms with E-state index in [-0.39, 0.29) is 0 Å².